The molecule has 0 radical (unpaired) electrons. The highest BCUT2D eigenvalue weighted by Gasteiger charge is 2.19. The molecule has 1 aliphatic rings. The Morgan fingerprint density at radius 3 is 3.17 bits per heavy atom. The average Bonchev–Trinajstić information content (AvgIpc) is 2.88. The molecule has 1 aliphatic heterocycles. The molecule has 1 N–H and O–H groups in total. The Bertz CT molecular complexity index is 340. The van der Waals surface area contributed by atoms with Crippen molar-refractivity contribution in [3.8, 4) is 0 Å². The molecule has 1 atom stereocenters. The fourth-order valence-electron chi connectivity index (χ4n) is 1.96. The van der Waals surface area contributed by atoms with Crippen molar-refractivity contribution in [1.29, 1.82) is 0 Å². The number of hydrogen-bond acceptors (Lipinski definition) is 6. The van der Waals surface area contributed by atoms with E-state index in [-0.39, 0.29) is 0 Å². The van der Waals surface area contributed by atoms with Gasteiger partial charge in [0.15, 0.2) is 0 Å². The van der Waals surface area contributed by atoms with Crippen LogP contribution in [0.2, 0.25) is 0 Å². The predicted molar refractivity (Wildman–Crippen MR) is 71.2 cm³/mol. The van der Waals surface area contributed by atoms with E-state index in [9.17, 15) is 0 Å². The first kappa shape index (κ1) is 13.9. The molecule has 0 amide bonds. The van der Waals surface area contributed by atoms with Crippen molar-refractivity contribution in [3.05, 3.63) is 10.0 Å². The fraction of sp³-hybridized carbons (Fsp3) is 0.833. The lowest BCUT2D eigenvalue weighted by molar-refractivity contribution is 0.0802. The Kier molecular flexibility index (Phi) is 5.99. The molecule has 102 valence electrons. The molecule has 1 aromatic heterocycles. The summed E-state index contributed by atoms with van der Waals surface area (Å²) in [5, 5.41) is 14.1. The molecule has 2 rings (SSSR count). The van der Waals surface area contributed by atoms with Crippen LogP contribution >= 0.6 is 11.3 Å². The predicted octanol–water partition coefficient (Wildman–Crippen LogP) is 1.21. The van der Waals surface area contributed by atoms with Gasteiger partial charge in [0.1, 0.15) is 10.0 Å². The van der Waals surface area contributed by atoms with Crippen LogP contribution in [0.4, 0.5) is 0 Å². The van der Waals surface area contributed by atoms with Crippen molar-refractivity contribution in [2.24, 2.45) is 0 Å². The molecule has 18 heavy (non-hydrogen) atoms. The highest BCUT2D eigenvalue weighted by atomic mass is 32.1. The molecule has 1 aromatic rings. The van der Waals surface area contributed by atoms with Crippen LogP contribution in [-0.2, 0) is 15.9 Å². The van der Waals surface area contributed by atoms with E-state index in [1.165, 1.54) is 6.42 Å². The normalized spacial score (nSPS) is 20.2. The Labute approximate surface area is 112 Å². The highest BCUT2D eigenvalue weighted by Crippen LogP contribution is 2.27. The summed E-state index contributed by atoms with van der Waals surface area (Å²) >= 11 is 1.73. The van der Waals surface area contributed by atoms with Crippen molar-refractivity contribution in [1.82, 2.24) is 15.5 Å². The molecule has 5 nitrogen and oxygen atoms in total. The maximum absolute atomic E-state index is 5.48. The second kappa shape index (κ2) is 7.78. The first-order chi connectivity index (χ1) is 8.90. The van der Waals surface area contributed by atoms with E-state index >= 15 is 0 Å². The van der Waals surface area contributed by atoms with Gasteiger partial charge in [-0.25, -0.2) is 0 Å². The number of aromatic nitrogens is 2. The third kappa shape index (κ3) is 4.28. The second-order valence-corrected chi connectivity index (χ2v) is 5.53. The Balaban J connectivity index is 1.72. The lowest BCUT2D eigenvalue weighted by atomic mass is 10.0. The molecule has 0 spiro atoms. The van der Waals surface area contributed by atoms with E-state index in [0.717, 1.165) is 55.8 Å². The Morgan fingerprint density at radius 2 is 2.39 bits per heavy atom. The van der Waals surface area contributed by atoms with Gasteiger partial charge in [-0.2, -0.15) is 0 Å². The lowest BCUT2D eigenvalue weighted by Gasteiger charge is -2.19. The quantitative estimate of drug-likeness (QED) is 0.756. The van der Waals surface area contributed by atoms with Crippen molar-refractivity contribution in [3.63, 3.8) is 0 Å². The standard InChI is InChI=1S/C12H21N3O2S/c1-16-8-6-13-5-4-11-14-15-12(18-11)10-3-2-7-17-9-10/h10,13H,2-9H2,1H3. The first-order valence-electron chi connectivity index (χ1n) is 6.50. The molecule has 1 unspecified atom stereocenters. The first-order valence-corrected chi connectivity index (χ1v) is 7.31. The third-order valence-corrected chi connectivity index (χ3v) is 4.14. The second-order valence-electron chi connectivity index (χ2n) is 4.44. The smallest absolute Gasteiger partial charge is 0.122 e. The summed E-state index contributed by atoms with van der Waals surface area (Å²) in [6, 6.07) is 0. The molecule has 0 aliphatic carbocycles. The van der Waals surface area contributed by atoms with Gasteiger partial charge >= 0.3 is 0 Å². The van der Waals surface area contributed by atoms with E-state index in [2.05, 4.69) is 15.5 Å². The zero-order valence-electron chi connectivity index (χ0n) is 10.9. The number of methoxy groups -OCH3 is 1. The summed E-state index contributed by atoms with van der Waals surface area (Å²) in [5.74, 6) is 0.464. The minimum absolute atomic E-state index is 0.464. The van der Waals surface area contributed by atoms with Crippen LogP contribution in [0.3, 0.4) is 0 Å². The van der Waals surface area contributed by atoms with Gasteiger partial charge in [-0.1, -0.05) is 0 Å². The summed E-state index contributed by atoms with van der Waals surface area (Å²) in [7, 11) is 1.71. The van der Waals surface area contributed by atoms with Crippen LogP contribution < -0.4 is 5.32 Å². The number of nitrogens with one attached hydrogen (secondary N) is 1. The minimum Gasteiger partial charge on any atom is -0.383 e. The van der Waals surface area contributed by atoms with E-state index in [0.29, 0.717) is 5.92 Å². The molecule has 6 heteroatoms. The number of hydrogen-bond donors (Lipinski definition) is 1. The molecule has 1 saturated heterocycles. The highest BCUT2D eigenvalue weighted by molar-refractivity contribution is 7.11. The van der Waals surface area contributed by atoms with Crippen molar-refractivity contribution in [2.75, 3.05) is 40.0 Å². The van der Waals surface area contributed by atoms with Crippen LogP contribution in [-0.4, -0.2) is 50.2 Å². The zero-order chi connectivity index (χ0) is 12.6. The Hall–Kier alpha value is -0.560. The number of nitrogens with zero attached hydrogens (tertiary/aromatic N) is 2. The number of rotatable bonds is 7. The Morgan fingerprint density at radius 1 is 1.44 bits per heavy atom. The summed E-state index contributed by atoms with van der Waals surface area (Å²) in [6.07, 6.45) is 3.26. The molecule has 0 aromatic carbocycles. The molecular formula is C12H21N3O2S. The van der Waals surface area contributed by atoms with Gasteiger partial charge in [-0.05, 0) is 12.8 Å². The topological polar surface area (TPSA) is 56.3 Å². The van der Waals surface area contributed by atoms with Crippen LogP contribution in [0.5, 0.6) is 0 Å². The maximum atomic E-state index is 5.48. The minimum atomic E-state index is 0.464. The average molecular weight is 271 g/mol. The van der Waals surface area contributed by atoms with Crippen molar-refractivity contribution in [2.45, 2.75) is 25.2 Å². The fourth-order valence-corrected chi connectivity index (χ4v) is 2.92. The van der Waals surface area contributed by atoms with Gasteiger partial charge in [-0.3, -0.25) is 0 Å². The van der Waals surface area contributed by atoms with Gasteiger partial charge < -0.3 is 14.8 Å². The van der Waals surface area contributed by atoms with Crippen LogP contribution in [0.15, 0.2) is 0 Å². The SMILES string of the molecule is COCCNCCc1nnc(C2CCCOC2)s1. The van der Waals surface area contributed by atoms with Gasteiger partial charge in [0.2, 0.25) is 0 Å². The van der Waals surface area contributed by atoms with E-state index in [4.69, 9.17) is 9.47 Å². The van der Waals surface area contributed by atoms with Crippen molar-refractivity contribution >= 4 is 11.3 Å². The molecule has 1 fully saturated rings. The zero-order valence-corrected chi connectivity index (χ0v) is 11.7. The summed E-state index contributed by atoms with van der Waals surface area (Å²) < 4.78 is 10.5. The summed E-state index contributed by atoms with van der Waals surface area (Å²) in [4.78, 5) is 0. The van der Waals surface area contributed by atoms with Gasteiger partial charge in [0.05, 0.1) is 13.2 Å². The molecular weight excluding hydrogens is 250 g/mol. The van der Waals surface area contributed by atoms with Gasteiger partial charge in [0, 0.05) is 39.1 Å². The van der Waals surface area contributed by atoms with Crippen LogP contribution in [0.25, 0.3) is 0 Å². The van der Waals surface area contributed by atoms with Gasteiger partial charge in [-0.15, -0.1) is 21.5 Å². The third-order valence-electron chi connectivity index (χ3n) is 2.99. The van der Waals surface area contributed by atoms with E-state index in [1.54, 1.807) is 18.4 Å². The van der Waals surface area contributed by atoms with E-state index < -0.39 is 0 Å². The largest absolute Gasteiger partial charge is 0.383 e. The monoisotopic (exact) mass is 271 g/mol. The summed E-state index contributed by atoms with van der Waals surface area (Å²) in [5.41, 5.74) is 0. The molecule has 0 bridgehead atoms. The maximum Gasteiger partial charge on any atom is 0.122 e. The lowest BCUT2D eigenvalue weighted by Crippen LogP contribution is -2.21. The molecule has 2 heterocycles. The van der Waals surface area contributed by atoms with Crippen molar-refractivity contribution < 1.29 is 9.47 Å². The van der Waals surface area contributed by atoms with Crippen LogP contribution in [0.1, 0.15) is 28.8 Å². The molecule has 0 saturated carbocycles. The van der Waals surface area contributed by atoms with Gasteiger partial charge in [0.25, 0.3) is 0 Å². The summed E-state index contributed by atoms with van der Waals surface area (Å²) in [6.45, 7) is 4.27. The number of ether oxygens (including phenoxy) is 2. The van der Waals surface area contributed by atoms with E-state index in [1.807, 2.05) is 0 Å². The van der Waals surface area contributed by atoms with Crippen LogP contribution in [0, 0.1) is 0 Å².